The molecule has 0 saturated carbocycles. The maximum atomic E-state index is 13.9. The fraction of sp³-hybridized carbons (Fsp3) is 0.438. The van der Waals surface area contributed by atoms with Crippen LogP contribution in [0.2, 0.25) is 0 Å². The van der Waals surface area contributed by atoms with Crippen LogP contribution >= 0.6 is 21.6 Å². The number of nitrogens with zero attached hydrogens (tertiary/aromatic N) is 7. The molecule has 66 heavy (non-hydrogen) atoms. The third kappa shape index (κ3) is 10.2. The van der Waals surface area contributed by atoms with E-state index in [1.54, 1.807) is 64.7 Å². The van der Waals surface area contributed by atoms with Crippen molar-refractivity contribution in [3.63, 3.8) is 0 Å². The fourth-order valence-electron chi connectivity index (χ4n) is 8.83. The monoisotopic (exact) mass is 940 g/mol. The molecule has 16 nitrogen and oxygen atoms in total. The Morgan fingerprint density at radius 2 is 1.83 bits per heavy atom. The Labute approximate surface area is 392 Å². The van der Waals surface area contributed by atoms with Gasteiger partial charge < -0.3 is 38.5 Å². The molecule has 2 aliphatic heterocycles. The summed E-state index contributed by atoms with van der Waals surface area (Å²) < 4.78 is 13.1. The average Bonchev–Trinajstić information content (AvgIpc) is 3.66. The van der Waals surface area contributed by atoms with E-state index in [0.717, 1.165) is 67.5 Å². The lowest BCUT2D eigenvalue weighted by Gasteiger charge is -2.39. The van der Waals surface area contributed by atoms with Gasteiger partial charge in [-0.3, -0.25) is 14.9 Å². The van der Waals surface area contributed by atoms with Gasteiger partial charge in [-0.15, -0.1) is 0 Å². The van der Waals surface area contributed by atoms with Crippen LogP contribution in [0.15, 0.2) is 76.7 Å². The number of hydrogen-bond acceptors (Lipinski definition) is 14. The van der Waals surface area contributed by atoms with E-state index in [1.165, 1.54) is 16.9 Å². The van der Waals surface area contributed by atoms with E-state index in [9.17, 15) is 34.7 Å². The number of aromatic nitrogens is 3. The topological polar surface area (TPSA) is 190 Å². The Bertz CT molecular complexity index is 2680. The number of carbonyl (C=O) groups excluding carboxylic acids is 2. The minimum Gasteiger partial charge on any atom is -0.507 e. The normalized spacial score (nSPS) is 15.8. The Morgan fingerprint density at radius 3 is 2.56 bits per heavy atom. The van der Waals surface area contributed by atoms with Gasteiger partial charge in [-0.2, -0.15) is 0 Å². The molecule has 3 aromatic heterocycles. The van der Waals surface area contributed by atoms with E-state index < -0.39 is 22.6 Å². The van der Waals surface area contributed by atoms with Gasteiger partial charge in [-0.05, 0) is 111 Å². The Morgan fingerprint density at radius 1 is 1.06 bits per heavy atom. The number of pyridine rings is 3. The molecule has 0 spiro atoms. The van der Waals surface area contributed by atoms with E-state index in [2.05, 4.69) is 30.9 Å². The fourth-order valence-corrected chi connectivity index (χ4v) is 11.0. The molecule has 1 amide bonds. The summed E-state index contributed by atoms with van der Waals surface area (Å²) in [6.45, 7) is 6.59. The first-order valence-corrected chi connectivity index (χ1v) is 24.6. The van der Waals surface area contributed by atoms with Gasteiger partial charge in [0, 0.05) is 60.1 Å². The van der Waals surface area contributed by atoms with E-state index in [1.807, 2.05) is 37.4 Å². The van der Waals surface area contributed by atoms with Crippen LogP contribution in [0.4, 0.5) is 10.5 Å². The van der Waals surface area contributed by atoms with Crippen molar-refractivity contribution in [3.8, 4) is 22.9 Å². The van der Waals surface area contributed by atoms with Gasteiger partial charge in [0.05, 0.1) is 53.6 Å². The number of amides is 1. The van der Waals surface area contributed by atoms with Gasteiger partial charge >= 0.3 is 17.7 Å². The number of nitro groups is 1. The highest BCUT2D eigenvalue weighted by molar-refractivity contribution is 8.76. The Hall–Kier alpha value is -5.53. The summed E-state index contributed by atoms with van der Waals surface area (Å²) in [4.78, 5) is 63.6. The predicted octanol–water partition coefficient (Wildman–Crippen LogP) is 8.18. The highest BCUT2D eigenvalue weighted by atomic mass is 33.1. The van der Waals surface area contributed by atoms with E-state index in [4.69, 9.17) is 14.5 Å². The zero-order valence-corrected chi connectivity index (χ0v) is 40.0. The second-order valence-corrected chi connectivity index (χ2v) is 20.0. The number of phenolic OH excluding ortho intramolecular Hbond substituents is 1. The maximum absolute atomic E-state index is 13.9. The largest absolute Gasteiger partial charge is 0.507 e. The van der Waals surface area contributed by atoms with Crippen LogP contribution in [0.1, 0.15) is 86.2 Å². The average molecular weight is 941 g/mol. The third-order valence-corrected chi connectivity index (χ3v) is 15.2. The molecule has 0 aliphatic carbocycles. The lowest BCUT2D eigenvalue weighted by atomic mass is 9.86. The SMILES string of the molecule is CCN(C)CCCN(C)C(=O)Oc1ccc(C(CCCCCSSc2ncccc2[N+](=O)[O-])[N+](C)(C)Cc2c(O)ccc3nc4c(cc23)Cn2c-4cc3c(c2=O)COC(=O)[C@]3(O)CC)cc1. The quantitative estimate of drug-likeness (QED) is 0.0186. The molecule has 2 aliphatic rings. The Balaban J connectivity index is 1.12. The standard InChI is InChI=1S/C48H57N7O9S2/c1-7-48(60)37-27-40-43-32(28-53(40)45(57)36(37)30-63-46(48)58)26-34-35(42(56)21-20-38(34)50-43)29-55(5,6)41(15-10-9-11-25-65-66-44-39(54(61)62)14-12-22-49-44)31-16-18-33(19-17-31)64-47(59)52(4)24-13-23-51(3)8-2/h12,14,16-22,26-27,41,60H,7-11,13,15,23-25,28-30H2,1-6H3/p+1/t41?,48-/m0/s1. The first kappa shape index (κ1) is 48.4. The molecule has 7 rings (SSSR count). The van der Waals surface area contributed by atoms with Crippen molar-refractivity contribution in [1.82, 2.24) is 24.3 Å². The molecule has 0 radical (unpaired) electrons. The van der Waals surface area contributed by atoms with Crippen LogP contribution in [0.3, 0.4) is 0 Å². The van der Waals surface area contributed by atoms with Crippen LogP contribution in [0.5, 0.6) is 11.5 Å². The Kier molecular flexibility index (Phi) is 15.1. The second kappa shape index (κ2) is 20.5. The number of unbranched alkanes of at least 4 members (excludes halogenated alkanes) is 2. The summed E-state index contributed by atoms with van der Waals surface area (Å²) in [7, 11) is 10.9. The lowest BCUT2D eigenvalue weighted by molar-refractivity contribution is -0.934. The number of phenols is 1. The van der Waals surface area contributed by atoms with Crippen LogP contribution in [0.25, 0.3) is 22.3 Å². The number of esters is 1. The summed E-state index contributed by atoms with van der Waals surface area (Å²) in [5.74, 6) is 0.575. The molecule has 18 heteroatoms. The molecule has 0 saturated heterocycles. The molecule has 5 heterocycles. The number of cyclic esters (lactones) is 1. The summed E-state index contributed by atoms with van der Waals surface area (Å²) in [6.07, 6.45) is 5.50. The summed E-state index contributed by atoms with van der Waals surface area (Å²) in [5, 5.41) is 35.5. The number of carbonyl (C=O) groups is 2. The van der Waals surface area contributed by atoms with Gasteiger partial charge in [0.15, 0.2) is 10.6 Å². The van der Waals surface area contributed by atoms with Gasteiger partial charge in [0.25, 0.3) is 5.56 Å². The number of aliphatic hydroxyl groups is 1. The van der Waals surface area contributed by atoms with Crippen molar-refractivity contribution in [2.75, 3.05) is 53.6 Å². The molecule has 2 atom stereocenters. The highest BCUT2D eigenvalue weighted by Crippen LogP contribution is 2.42. The lowest BCUT2D eigenvalue weighted by Crippen LogP contribution is -2.44. The number of ether oxygens (including phenoxy) is 2. The van der Waals surface area contributed by atoms with Crippen LogP contribution in [-0.4, -0.2) is 110 Å². The summed E-state index contributed by atoms with van der Waals surface area (Å²) in [5.41, 5.74) is 2.46. The third-order valence-electron chi connectivity index (χ3n) is 12.8. The number of hydrogen-bond donors (Lipinski definition) is 2. The minimum atomic E-state index is -1.93. The molecule has 2 N–H and O–H groups in total. The van der Waals surface area contributed by atoms with Crippen molar-refractivity contribution in [1.29, 1.82) is 0 Å². The molecule has 350 valence electrons. The van der Waals surface area contributed by atoms with E-state index >= 15 is 0 Å². The van der Waals surface area contributed by atoms with Crippen molar-refractivity contribution >= 4 is 50.2 Å². The highest BCUT2D eigenvalue weighted by Gasteiger charge is 2.45. The minimum absolute atomic E-state index is 0.00247. The maximum Gasteiger partial charge on any atom is 0.414 e. The van der Waals surface area contributed by atoms with Gasteiger partial charge in [-0.1, -0.05) is 31.1 Å². The van der Waals surface area contributed by atoms with Crippen molar-refractivity contribution in [3.05, 3.63) is 115 Å². The molecule has 0 fully saturated rings. The zero-order chi connectivity index (χ0) is 47.3. The van der Waals surface area contributed by atoms with Crippen LogP contribution in [0, 0.1) is 10.1 Å². The number of rotatable bonds is 20. The van der Waals surface area contributed by atoms with Gasteiger partial charge in [-0.25, -0.2) is 19.6 Å². The summed E-state index contributed by atoms with van der Waals surface area (Å²) >= 11 is 0. The number of fused-ring (bicyclic) bond motifs is 5. The van der Waals surface area contributed by atoms with Gasteiger partial charge in [0.2, 0.25) is 0 Å². The molecular formula is C48H58N7O9S2+. The number of aromatic hydroxyl groups is 1. The molecule has 5 aromatic rings. The first-order valence-electron chi connectivity index (χ1n) is 22.3. The summed E-state index contributed by atoms with van der Waals surface area (Å²) in [6, 6.07) is 17.7. The van der Waals surface area contributed by atoms with E-state index in [0.29, 0.717) is 50.8 Å². The number of benzene rings is 2. The first-order chi connectivity index (χ1) is 31.6. The second-order valence-electron chi connectivity index (χ2n) is 17.6. The predicted molar refractivity (Wildman–Crippen MR) is 255 cm³/mol. The van der Waals surface area contributed by atoms with Crippen LogP contribution in [-0.2, 0) is 34.8 Å². The van der Waals surface area contributed by atoms with Gasteiger partial charge in [0.1, 0.15) is 30.7 Å². The van der Waals surface area contributed by atoms with E-state index in [-0.39, 0.29) is 53.7 Å². The number of quaternary nitrogens is 1. The molecule has 0 bridgehead atoms. The smallest absolute Gasteiger partial charge is 0.414 e. The van der Waals surface area contributed by atoms with Crippen molar-refractivity contribution in [2.24, 2.45) is 0 Å². The van der Waals surface area contributed by atoms with Crippen molar-refractivity contribution < 1.29 is 38.7 Å². The zero-order valence-electron chi connectivity index (χ0n) is 38.3. The molecule has 1 unspecified atom stereocenters. The van der Waals surface area contributed by atoms with Crippen LogP contribution < -0.4 is 10.3 Å². The molecule has 2 aromatic carbocycles. The van der Waals surface area contributed by atoms with Crippen molar-refractivity contribution in [2.45, 2.75) is 88.7 Å². The molecular weight excluding hydrogens is 883 g/mol.